The molecule has 0 amide bonds. The van der Waals surface area contributed by atoms with E-state index >= 15 is 0 Å². The third-order valence-electron chi connectivity index (χ3n) is 5.33. The molecule has 28 heavy (non-hydrogen) atoms. The van der Waals surface area contributed by atoms with Crippen molar-refractivity contribution in [3.05, 3.63) is 47.8 Å². The smallest absolute Gasteiger partial charge is 0.333 e. The summed E-state index contributed by atoms with van der Waals surface area (Å²) in [5, 5.41) is 4.89. The average Bonchev–Trinajstić information content (AvgIpc) is 3.13. The first-order valence-corrected chi connectivity index (χ1v) is 10.9. The number of fused-ring (bicyclic) bond motifs is 1. The van der Waals surface area contributed by atoms with Crippen molar-refractivity contribution in [2.45, 2.75) is 38.3 Å². The zero-order chi connectivity index (χ0) is 19.6. The van der Waals surface area contributed by atoms with E-state index < -0.39 is 10.3 Å². The number of anilines is 1. The van der Waals surface area contributed by atoms with Gasteiger partial charge in [0.1, 0.15) is 18.2 Å². The lowest BCUT2D eigenvalue weighted by Crippen LogP contribution is -2.31. The second-order valence-corrected chi connectivity index (χ2v) is 8.57. The van der Waals surface area contributed by atoms with Crippen LogP contribution in [0.25, 0.3) is 0 Å². The van der Waals surface area contributed by atoms with Crippen LogP contribution in [-0.4, -0.2) is 37.6 Å². The molecule has 150 valence electrons. The van der Waals surface area contributed by atoms with Gasteiger partial charge < -0.3 is 9.64 Å². The largest absolute Gasteiger partial charge is 0.474 e. The summed E-state index contributed by atoms with van der Waals surface area (Å²) in [6, 6.07) is 10.3. The molecule has 0 spiro atoms. The fourth-order valence-corrected chi connectivity index (χ4v) is 4.29. The van der Waals surface area contributed by atoms with Crippen LogP contribution < -0.4 is 14.8 Å². The number of hydrogen-bond donors (Lipinski definition) is 1. The molecule has 2 aliphatic rings. The van der Waals surface area contributed by atoms with Crippen molar-refractivity contribution in [1.82, 2.24) is 9.97 Å². The number of benzene rings is 1. The highest BCUT2D eigenvalue weighted by Crippen LogP contribution is 2.30. The molecule has 1 fully saturated rings. The predicted octanol–water partition coefficient (Wildman–Crippen LogP) is 1.81. The Hall–Kier alpha value is -2.23. The van der Waals surface area contributed by atoms with Gasteiger partial charge in [0, 0.05) is 19.2 Å². The van der Waals surface area contributed by atoms with Crippen molar-refractivity contribution < 1.29 is 17.3 Å². The van der Waals surface area contributed by atoms with Gasteiger partial charge in [-0.15, -0.1) is 0 Å². The second kappa shape index (κ2) is 8.02. The Balaban J connectivity index is 1.36. The van der Waals surface area contributed by atoms with E-state index in [1.807, 2.05) is 6.07 Å². The molecule has 0 radical (unpaired) electrons. The Morgan fingerprint density at radius 3 is 2.82 bits per heavy atom. The lowest BCUT2D eigenvalue weighted by molar-refractivity contribution is 0.184. The van der Waals surface area contributed by atoms with Gasteiger partial charge in [0.2, 0.25) is 5.88 Å². The molecule has 1 aromatic carbocycles. The SMILES string of the molecule is NS(=O)(=O)OC[C@H]1CC[C@H](Oc2cc(N3CCc4ccccc4C3)ncn2)C1. The lowest BCUT2D eigenvalue weighted by atomic mass is 10.00. The highest BCUT2D eigenvalue weighted by atomic mass is 32.2. The van der Waals surface area contributed by atoms with Crippen molar-refractivity contribution in [1.29, 1.82) is 0 Å². The minimum Gasteiger partial charge on any atom is -0.474 e. The van der Waals surface area contributed by atoms with E-state index in [9.17, 15) is 8.42 Å². The molecule has 0 bridgehead atoms. The molecule has 2 aromatic rings. The predicted molar refractivity (Wildman–Crippen MR) is 104 cm³/mol. The first-order valence-electron chi connectivity index (χ1n) is 9.44. The molecule has 2 atom stereocenters. The quantitative estimate of drug-likeness (QED) is 0.782. The van der Waals surface area contributed by atoms with Gasteiger partial charge in [0.25, 0.3) is 0 Å². The molecular weight excluding hydrogens is 380 g/mol. The van der Waals surface area contributed by atoms with Crippen LogP contribution in [0.5, 0.6) is 5.88 Å². The van der Waals surface area contributed by atoms with Crippen LogP contribution in [0.15, 0.2) is 36.7 Å². The van der Waals surface area contributed by atoms with Crippen LogP contribution in [0.1, 0.15) is 30.4 Å². The van der Waals surface area contributed by atoms with Gasteiger partial charge in [-0.25, -0.2) is 15.1 Å². The highest BCUT2D eigenvalue weighted by Gasteiger charge is 2.28. The average molecular weight is 404 g/mol. The number of hydrogen-bond acceptors (Lipinski definition) is 7. The molecule has 2 heterocycles. The van der Waals surface area contributed by atoms with E-state index in [0.29, 0.717) is 12.3 Å². The van der Waals surface area contributed by atoms with Gasteiger partial charge in [-0.3, -0.25) is 4.18 Å². The number of rotatable bonds is 6. The molecule has 1 aromatic heterocycles. The van der Waals surface area contributed by atoms with Crippen LogP contribution in [0.4, 0.5) is 5.82 Å². The van der Waals surface area contributed by atoms with Gasteiger partial charge in [-0.1, -0.05) is 24.3 Å². The number of nitrogens with zero attached hydrogens (tertiary/aromatic N) is 3. The van der Waals surface area contributed by atoms with Crippen molar-refractivity contribution in [3.63, 3.8) is 0 Å². The van der Waals surface area contributed by atoms with E-state index in [-0.39, 0.29) is 18.6 Å². The van der Waals surface area contributed by atoms with Crippen LogP contribution >= 0.6 is 0 Å². The standard InChI is InChI=1S/C19H24N4O4S/c20-28(24,25)26-12-14-5-6-17(9-14)27-19-10-18(21-13-22-19)23-8-7-15-3-1-2-4-16(15)11-23/h1-4,10,13-14,17H,5-9,11-12H2,(H2,20,24,25)/t14-,17-/m0/s1. The van der Waals surface area contributed by atoms with Gasteiger partial charge in [0.05, 0.1) is 6.61 Å². The number of nitrogens with two attached hydrogens (primary N) is 1. The molecule has 0 unspecified atom stereocenters. The van der Waals surface area contributed by atoms with Gasteiger partial charge in [-0.05, 0) is 42.7 Å². The fraction of sp³-hybridized carbons (Fsp3) is 0.474. The van der Waals surface area contributed by atoms with Gasteiger partial charge in [0.15, 0.2) is 0 Å². The summed E-state index contributed by atoms with van der Waals surface area (Å²) in [7, 11) is -3.89. The topological polar surface area (TPSA) is 108 Å². The summed E-state index contributed by atoms with van der Waals surface area (Å²) in [4.78, 5) is 10.9. The summed E-state index contributed by atoms with van der Waals surface area (Å²) in [6.07, 6.45) is 4.88. The second-order valence-electron chi connectivity index (χ2n) is 7.35. The molecule has 1 saturated carbocycles. The van der Waals surface area contributed by atoms with Gasteiger partial charge >= 0.3 is 10.3 Å². The third kappa shape index (κ3) is 4.78. The zero-order valence-corrected chi connectivity index (χ0v) is 16.3. The van der Waals surface area contributed by atoms with Crippen molar-refractivity contribution in [3.8, 4) is 5.88 Å². The van der Waals surface area contributed by atoms with Crippen molar-refractivity contribution in [2.24, 2.45) is 11.1 Å². The molecule has 8 nitrogen and oxygen atoms in total. The molecule has 9 heteroatoms. The maximum absolute atomic E-state index is 10.9. The van der Waals surface area contributed by atoms with Crippen LogP contribution in [0.3, 0.4) is 0 Å². The maximum atomic E-state index is 10.9. The van der Waals surface area contributed by atoms with Crippen LogP contribution in [-0.2, 0) is 27.5 Å². The third-order valence-corrected chi connectivity index (χ3v) is 5.80. The fourth-order valence-electron chi connectivity index (χ4n) is 3.91. The molecule has 4 rings (SSSR count). The molecule has 1 aliphatic carbocycles. The van der Waals surface area contributed by atoms with E-state index in [1.54, 1.807) is 0 Å². The van der Waals surface area contributed by atoms with Crippen LogP contribution in [0.2, 0.25) is 0 Å². The molecule has 1 aliphatic heterocycles. The Bertz CT molecular complexity index is 937. The Morgan fingerprint density at radius 2 is 2.00 bits per heavy atom. The van der Waals surface area contributed by atoms with Crippen molar-refractivity contribution >= 4 is 16.1 Å². The minimum atomic E-state index is -3.89. The van der Waals surface area contributed by atoms with E-state index in [0.717, 1.165) is 38.2 Å². The maximum Gasteiger partial charge on any atom is 0.333 e. The number of ether oxygens (including phenoxy) is 1. The van der Waals surface area contributed by atoms with Gasteiger partial charge in [-0.2, -0.15) is 8.42 Å². The van der Waals surface area contributed by atoms with E-state index in [2.05, 4.69) is 39.1 Å². The molecule has 2 N–H and O–H groups in total. The van der Waals surface area contributed by atoms with E-state index in [4.69, 9.17) is 14.1 Å². The lowest BCUT2D eigenvalue weighted by Gasteiger charge is -2.29. The summed E-state index contributed by atoms with van der Waals surface area (Å²) >= 11 is 0. The number of aromatic nitrogens is 2. The first kappa shape index (κ1) is 19.1. The summed E-state index contributed by atoms with van der Waals surface area (Å²) in [5.74, 6) is 1.51. The first-order chi connectivity index (χ1) is 13.5. The van der Waals surface area contributed by atoms with E-state index in [1.165, 1.54) is 17.5 Å². The zero-order valence-electron chi connectivity index (χ0n) is 15.5. The Kier molecular flexibility index (Phi) is 5.47. The summed E-state index contributed by atoms with van der Waals surface area (Å²) in [6.45, 7) is 1.83. The molecule has 0 saturated heterocycles. The Morgan fingerprint density at radius 1 is 1.18 bits per heavy atom. The Labute approximate surface area is 164 Å². The highest BCUT2D eigenvalue weighted by molar-refractivity contribution is 7.84. The minimum absolute atomic E-state index is 0.0149. The van der Waals surface area contributed by atoms with Crippen molar-refractivity contribution in [2.75, 3.05) is 18.1 Å². The molecular formula is C19H24N4O4S. The summed E-state index contributed by atoms with van der Waals surface area (Å²) < 4.78 is 32.6. The summed E-state index contributed by atoms with van der Waals surface area (Å²) in [5.41, 5.74) is 2.71. The monoisotopic (exact) mass is 404 g/mol. The normalized spacial score (nSPS) is 22.1. The van der Waals surface area contributed by atoms with Crippen LogP contribution in [0, 0.1) is 5.92 Å².